The van der Waals surface area contributed by atoms with Gasteiger partial charge < -0.3 is 25.3 Å². The molecule has 0 bridgehead atoms. The lowest BCUT2D eigenvalue weighted by Crippen LogP contribution is -2.55. The highest BCUT2D eigenvalue weighted by Crippen LogP contribution is 2.32. The van der Waals surface area contributed by atoms with Gasteiger partial charge in [0.25, 0.3) is 11.8 Å². The van der Waals surface area contributed by atoms with E-state index in [1.54, 1.807) is 24.3 Å². The number of hydrogen-bond donors (Lipinski definition) is 6. The van der Waals surface area contributed by atoms with Gasteiger partial charge >= 0.3 is 0 Å². The highest BCUT2D eigenvalue weighted by molar-refractivity contribution is 5.97. The van der Waals surface area contributed by atoms with Gasteiger partial charge in [-0.2, -0.15) is 0 Å². The second-order valence-electron chi connectivity index (χ2n) is 8.34. The highest BCUT2D eigenvalue weighted by Gasteiger charge is 2.39. The van der Waals surface area contributed by atoms with Crippen LogP contribution in [0.4, 0.5) is 0 Å². The van der Waals surface area contributed by atoms with Crippen LogP contribution in [0.5, 0.6) is 5.75 Å². The average Bonchev–Trinajstić information content (AvgIpc) is 3.49. The van der Waals surface area contributed by atoms with Crippen molar-refractivity contribution in [3.8, 4) is 5.75 Å². The summed E-state index contributed by atoms with van der Waals surface area (Å²) in [6.07, 6.45) is 0.696. The Bertz CT molecular complexity index is 1210. The number of aliphatic hydroxyl groups excluding tert-OH is 1. The molecule has 10 nitrogen and oxygen atoms in total. The molecule has 1 aromatic heterocycles. The number of carbonyl (C=O) groups is 3. The number of benzene rings is 2. The minimum absolute atomic E-state index is 0.0374. The second kappa shape index (κ2) is 10.4. The number of amides is 3. The highest BCUT2D eigenvalue weighted by atomic mass is 16.5. The third-order valence-corrected chi connectivity index (χ3v) is 6.03. The van der Waals surface area contributed by atoms with Crippen LogP contribution in [0.2, 0.25) is 0 Å². The van der Waals surface area contributed by atoms with E-state index in [1.165, 1.54) is 36.0 Å². The first kappa shape index (κ1) is 24.0. The Hall–Kier alpha value is -4.15. The first-order valence-electron chi connectivity index (χ1n) is 11.0. The fourth-order valence-electron chi connectivity index (χ4n) is 4.35. The molecule has 4 atom stereocenters. The van der Waals surface area contributed by atoms with Crippen molar-refractivity contribution in [3.63, 3.8) is 0 Å². The van der Waals surface area contributed by atoms with Crippen molar-refractivity contribution in [2.24, 2.45) is 5.92 Å². The van der Waals surface area contributed by atoms with Crippen molar-refractivity contribution in [1.82, 2.24) is 16.1 Å². The topological polar surface area (TPSA) is 161 Å². The molecule has 2 aromatic carbocycles. The Kier molecular flexibility index (Phi) is 7.14. The Morgan fingerprint density at radius 3 is 2.54 bits per heavy atom. The summed E-state index contributed by atoms with van der Waals surface area (Å²) in [6.45, 7) is 0. The number of nitrogens with one attached hydrogen (secondary N) is 3. The van der Waals surface area contributed by atoms with Gasteiger partial charge in [0.2, 0.25) is 5.91 Å². The molecule has 0 saturated heterocycles. The number of furan rings is 1. The van der Waals surface area contributed by atoms with Gasteiger partial charge in [-0.25, -0.2) is 5.48 Å². The maximum atomic E-state index is 13.6. The molecule has 0 unspecified atom stereocenters. The number of phenolic OH excluding ortho intramolecular Hbond substituents is 1. The van der Waals surface area contributed by atoms with Crippen molar-refractivity contribution in [1.29, 1.82) is 0 Å². The van der Waals surface area contributed by atoms with Gasteiger partial charge in [0, 0.05) is 6.42 Å². The zero-order valence-electron chi connectivity index (χ0n) is 18.5. The van der Waals surface area contributed by atoms with Crippen molar-refractivity contribution in [2.45, 2.75) is 31.0 Å². The molecule has 3 aromatic rings. The summed E-state index contributed by atoms with van der Waals surface area (Å²) >= 11 is 0. The lowest BCUT2D eigenvalue weighted by molar-refractivity contribution is -0.137. The maximum Gasteiger partial charge on any atom is 0.287 e. The van der Waals surface area contributed by atoms with Gasteiger partial charge in [-0.3, -0.25) is 19.6 Å². The molecule has 182 valence electrons. The normalized spacial score (nSPS) is 18.2. The summed E-state index contributed by atoms with van der Waals surface area (Å²) < 4.78 is 5.07. The Labute approximate surface area is 200 Å². The molecule has 6 N–H and O–H groups in total. The third kappa shape index (κ3) is 5.34. The molecule has 1 aliphatic rings. The molecule has 0 fully saturated rings. The van der Waals surface area contributed by atoms with Crippen LogP contribution < -0.4 is 16.1 Å². The minimum Gasteiger partial charge on any atom is -0.508 e. The summed E-state index contributed by atoms with van der Waals surface area (Å²) in [4.78, 5) is 38.8. The zero-order chi connectivity index (χ0) is 24.9. The number of aromatic hydroxyl groups is 1. The number of hydrogen-bond acceptors (Lipinski definition) is 7. The fraction of sp³-hybridized carbons (Fsp3) is 0.240. The number of fused-ring (bicyclic) bond motifs is 1. The quantitative estimate of drug-likeness (QED) is 0.209. The number of hydroxylamine groups is 1. The smallest absolute Gasteiger partial charge is 0.287 e. The third-order valence-electron chi connectivity index (χ3n) is 6.03. The number of aliphatic hydroxyl groups is 1. The predicted molar refractivity (Wildman–Crippen MR) is 122 cm³/mol. The van der Waals surface area contributed by atoms with E-state index < -0.39 is 41.8 Å². The lowest BCUT2D eigenvalue weighted by atomic mass is 9.89. The number of rotatable bonds is 8. The van der Waals surface area contributed by atoms with E-state index in [9.17, 15) is 29.8 Å². The number of carbonyl (C=O) groups excluding carboxylic acids is 3. The van der Waals surface area contributed by atoms with Crippen LogP contribution in [0.1, 0.15) is 33.3 Å². The zero-order valence-corrected chi connectivity index (χ0v) is 18.5. The average molecular weight is 479 g/mol. The molecule has 0 radical (unpaired) electrons. The van der Waals surface area contributed by atoms with Crippen molar-refractivity contribution < 1.29 is 34.2 Å². The van der Waals surface area contributed by atoms with E-state index in [2.05, 4.69) is 10.6 Å². The second-order valence-corrected chi connectivity index (χ2v) is 8.34. The Balaban J connectivity index is 1.65. The van der Waals surface area contributed by atoms with Gasteiger partial charge in [0.1, 0.15) is 11.8 Å². The van der Waals surface area contributed by atoms with E-state index >= 15 is 0 Å². The maximum absolute atomic E-state index is 13.6. The minimum atomic E-state index is -1.51. The van der Waals surface area contributed by atoms with Gasteiger partial charge in [-0.05, 0) is 47.4 Å². The lowest BCUT2D eigenvalue weighted by Gasteiger charge is -2.28. The van der Waals surface area contributed by atoms with E-state index in [0.717, 1.165) is 11.1 Å². The molecule has 3 amide bonds. The van der Waals surface area contributed by atoms with Crippen molar-refractivity contribution in [3.05, 3.63) is 89.4 Å². The van der Waals surface area contributed by atoms with Crippen molar-refractivity contribution >= 4 is 17.7 Å². The van der Waals surface area contributed by atoms with E-state index in [0.29, 0.717) is 12.0 Å². The molecule has 0 aliphatic heterocycles. The molecular weight excluding hydrogens is 454 g/mol. The first-order valence-corrected chi connectivity index (χ1v) is 11.0. The summed E-state index contributed by atoms with van der Waals surface area (Å²) in [5.74, 6) is -3.76. The van der Waals surface area contributed by atoms with Crippen LogP contribution in [0.25, 0.3) is 0 Å². The summed E-state index contributed by atoms with van der Waals surface area (Å²) in [5.41, 5.74) is 3.67. The van der Waals surface area contributed by atoms with Crippen LogP contribution in [-0.4, -0.2) is 45.3 Å². The standard InChI is InChI=1S/C25H25N3O7/c29-16-7-3-5-14(11-16)12-18(22(25(33)28-34)27-24(32)20-9-4-10-35-20)23(31)26-21-17-8-2-1-6-15(17)13-19(21)30/h1-11,18-19,21-22,29-30,34H,12-13H2,(H,26,31)(H,27,32)(H,28,33)/t18-,19-,21+,22+/m1/s1. The molecule has 0 saturated carbocycles. The van der Waals surface area contributed by atoms with Crippen LogP contribution in [0.15, 0.2) is 71.3 Å². The van der Waals surface area contributed by atoms with Crippen molar-refractivity contribution in [2.75, 3.05) is 0 Å². The number of phenols is 1. The molecular formula is C25H25N3O7. The van der Waals surface area contributed by atoms with Gasteiger partial charge in [0.15, 0.2) is 5.76 Å². The fourth-order valence-corrected chi connectivity index (χ4v) is 4.35. The van der Waals surface area contributed by atoms with E-state index in [-0.39, 0.29) is 17.9 Å². The largest absolute Gasteiger partial charge is 0.508 e. The SMILES string of the molecule is O=C(N[C@H](C(=O)NO)[C@@H](Cc1cccc(O)c1)C(=O)N[C@H]1c2ccccc2C[C@H]1O)c1ccco1. The van der Waals surface area contributed by atoms with Gasteiger partial charge in [-0.1, -0.05) is 36.4 Å². The summed E-state index contributed by atoms with van der Waals surface area (Å²) in [7, 11) is 0. The van der Waals surface area contributed by atoms with Crippen LogP contribution in [-0.2, 0) is 22.4 Å². The molecule has 0 spiro atoms. The monoisotopic (exact) mass is 479 g/mol. The summed E-state index contributed by atoms with van der Waals surface area (Å²) in [6, 6.07) is 14.1. The summed E-state index contributed by atoms with van der Waals surface area (Å²) in [5, 5.41) is 35.1. The van der Waals surface area contributed by atoms with E-state index in [4.69, 9.17) is 4.42 Å². The molecule has 1 aliphatic carbocycles. The first-order chi connectivity index (χ1) is 16.9. The molecule has 35 heavy (non-hydrogen) atoms. The Morgan fingerprint density at radius 1 is 1.03 bits per heavy atom. The van der Waals surface area contributed by atoms with Crippen LogP contribution in [0, 0.1) is 5.92 Å². The Morgan fingerprint density at radius 2 is 1.83 bits per heavy atom. The van der Waals surface area contributed by atoms with Crippen LogP contribution >= 0.6 is 0 Å². The predicted octanol–water partition coefficient (Wildman–Crippen LogP) is 1.22. The molecule has 1 heterocycles. The van der Waals surface area contributed by atoms with Gasteiger partial charge in [-0.15, -0.1) is 0 Å². The van der Waals surface area contributed by atoms with E-state index in [1.807, 2.05) is 12.1 Å². The van der Waals surface area contributed by atoms with Crippen LogP contribution in [0.3, 0.4) is 0 Å². The molecule has 10 heteroatoms. The van der Waals surface area contributed by atoms with Gasteiger partial charge in [0.05, 0.1) is 24.3 Å². The molecule has 4 rings (SSSR count).